The number of aromatic nitrogens is 2. The Morgan fingerprint density at radius 3 is 3.05 bits per heavy atom. The molecule has 2 aliphatic heterocycles. The lowest BCUT2D eigenvalue weighted by Crippen LogP contribution is -2.47. The van der Waals surface area contributed by atoms with Gasteiger partial charge in [0.2, 0.25) is 5.13 Å². The van der Waals surface area contributed by atoms with Crippen molar-refractivity contribution in [1.82, 2.24) is 20.4 Å². The Morgan fingerprint density at radius 1 is 1.52 bits per heavy atom. The molecule has 0 aliphatic carbocycles. The number of amides is 2. The summed E-state index contributed by atoms with van der Waals surface area (Å²) < 4.78 is 5.61. The van der Waals surface area contributed by atoms with Gasteiger partial charge in [-0.15, -0.1) is 21.8 Å². The third-order valence-corrected chi connectivity index (χ3v) is 5.01. The van der Waals surface area contributed by atoms with Gasteiger partial charge in [0.05, 0.1) is 18.5 Å². The third-order valence-electron chi connectivity index (χ3n) is 3.67. The Morgan fingerprint density at radius 2 is 2.38 bits per heavy atom. The van der Waals surface area contributed by atoms with Crippen LogP contribution in [0.3, 0.4) is 0 Å². The summed E-state index contributed by atoms with van der Waals surface area (Å²) in [7, 11) is 1.78. The van der Waals surface area contributed by atoms with Gasteiger partial charge in [0.1, 0.15) is 11.2 Å². The molecule has 0 radical (unpaired) electrons. The number of likely N-dealkylation sites (N-methyl/N-ethyl adjacent to an activating group) is 1. The Bertz CT molecular complexity index is 508. The molecule has 1 aromatic heterocycles. The monoisotopic (exact) mass is 331 g/mol. The number of carbonyl (C=O) groups is 1. The lowest BCUT2D eigenvalue weighted by atomic mass is 10.2. The van der Waals surface area contributed by atoms with E-state index < -0.39 is 0 Å². The summed E-state index contributed by atoms with van der Waals surface area (Å²) in [6.07, 6.45) is 2.30. The molecule has 116 valence electrons. The standard InChI is InChI=1S/C12H18ClN5O2S/c1-17-7-9(14-6-8-3-2-4-20-8)18(12(17)19)11-16-15-10(5-13)21-11/h8-9,14H,2-7H2,1H3. The van der Waals surface area contributed by atoms with Crippen molar-refractivity contribution in [1.29, 1.82) is 0 Å². The Balaban J connectivity index is 1.69. The number of carbonyl (C=O) groups excluding carboxylic acids is 1. The number of nitrogens with one attached hydrogen (secondary N) is 1. The number of halogens is 1. The summed E-state index contributed by atoms with van der Waals surface area (Å²) >= 11 is 7.11. The van der Waals surface area contributed by atoms with E-state index in [0.29, 0.717) is 22.6 Å². The van der Waals surface area contributed by atoms with Gasteiger partial charge in [-0.2, -0.15) is 0 Å². The van der Waals surface area contributed by atoms with Crippen molar-refractivity contribution in [3.05, 3.63) is 5.01 Å². The molecule has 0 bridgehead atoms. The van der Waals surface area contributed by atoms with Crippen molar-refractivity contribution in [2.75, 3.05) is 31.6 Å². The molecule has 9 heteroatoms. The smallest absolute Gasteiger partial charge is 0.327 e. The van der Waals surface area contributed by atoms with Gasteiger partial charge >= 0.3 is 6.03 Å². The lowest BCUT2D eigenvalue weighted by molar-refractivity contribution is 0.107. The number of rotatable bonds is 5. The van der Waals surface area contributed by atoms with Crippen LogP contribution in [-0.2, 0) is 10.6 Å². The van der Waals surface area contributed by atoms with Gasteiger partial charge in [0.15, 0.2) is 0 Å². The largest absolute Gasteiger partial charge is 0.377 e. The van der Waals surface area contributed by atoms with E-state index in [0.717, 1.165) is 26.0 Å². The van der Waals surface area contributed by atoms with Crippen LogP contribution in [0.2, 0.25) is 0 Å². The maximum atomic E-state index is 12.3. The molecule has 1 N–H and O–H groups in total. The Labute approximate surface area is 132 Å². The molecule has 3 rings (SSSR count). The lowest BCUT2D eigenvalue weighted by Gasteiger charge is -2.22. The second-order valence-corrected chi connectivity index (χ2v) is 6.51. The minimum atomic E-state index is -0.108. The van der Waals surface area contributed by atoms with E-state index >= 15 is 0 Å². The molecule has 2 atom stereocenters. The van der Waals surface area contributed by atoms with Gasteiger partial charge < -0.3 is 9.64 Å². The molecule has 0 saturated carbocycles. The van der Waals surface area contributed by atoms with E-state index in [-0.39, 0.29) is 18.3 Å². The average molecular weight is 332 g/mol. The van der Waals surface area contributed by atoms with Crippen molar-refractivity contribution in [3.8, 4) is 0 Å². The number of alkyl halides is 1. The fraction of sp³-hybridized carbons (Fsp3) is 0.750. The maximum absolute atomic E-state index is 12.3. The first kappa shape index (κ1) is 15.0. The molecule has 2 unspecified atom stereocenters. The van der Waals surface area contributed by atoms with Crippen LogP contribution in [0.1, 0.15) is 17.8 Å². The topological polar surface area (TPSA) is 70.6 Å². The van der Waals surface area contributed by atoms with Crippen LogP contribution in [0.15, 0.2) is 0 Å². The van der Waals surface area contributed by atoms with Crippen LogP contribution in [0.4, 0.5) is 9.93 Å². The zero-order valence-electron chi connectivity index (χ0n) is 11.8. The molecule has 1 aromatic rings. The van der Waals surface area contributed by atoms with Crippen molar-refractivity contribution in [2.24, 2.45) is 0 Å². The molecule has 0 aromatic carbocycles. The summed E-state index contributed by atoms with van der Waals surface area (Å²) in [5, 5.41) is 12.8. The van der Waals surface area contributed by atoms with Gasteiger partial charge in [0, 0.05) is 20.2 Å². The van der Waals surface area contributed by atoms with Gasteiger partial charge in [-0.05, 0) is 12.8 Å². The highest BCUT2D eigenvalue weighted by Gasteiger charge is 2.38. The first-order valence-corrected chi connectivity index (χ1v) is 8.32. The van der Waals surface area contributed by atoms with Gasteiger partial charge in [-0.25, -0.2) is 4.79 Å². The van der Waals surface area contributed by atoms with Crippen molar-refractivity contribution >= 4 is 34.1 Å². The molecule has 2 saturated heterocycles. The highest BCUT2D eigenvalue weighted by atomic mass is 35.5. The maximum Gasteiger partial charge on any atom is 0.327 e. The van der Waals surface area contributed by atoms with E-state index in [1.54, 1.807) is 16.8 Å². The second-order valence-electron chi connectivity index (χ2n) is 5.20. The number of nitrogens with zero attached hydrogens (tertiary/aromatic N) is 4. The Kier molecular flexibility index (Phi) is 4.58. The molecule has 21 heavy (non-hydrogen) atoms. The first-order valence-electron chi connectivity index (χ1n) is 6.96. The SMILES string of the molecule is CN1CC(NCC2CCCO2)N(c2nnc(CCl)s2)C1=O. The Hall–Kier alpha value is -0.960. The van der Waals surface area contributed by atoms with Crippen LogP contribution in [0, 0.1) is 0 Å². The summed E-state index contributed by atoms with van der Waals surface area (Å²) in [4.78, 5) is 15.6. The van der Waals surface area contributed by atoms with Crippen molar-refractivity contribution < 1.29 is 9.53 Å². The quantitative estimate of drug-likeness (QED) is 0.822. The summed E-state index contributed by atoms with van der Waals surface area (Å²) in [5.41, 5.74) is 0. The number of hydrogen-bond donors (Lipinski definition) is 1. The third kappa shape index (κ3) is 3.13. The summed E-state index contributed by atoms with van der Waals surface area (Å²) in [6, 6.07) is -0.0721. The van der Waals surface area contributed by atoms with E-state index in [9.17, 15) is 4.79 Å². The van der Waals surface area contributed by atoms with E-state index in [2.05, 4.69) is 15.5 Å². The molecule has 3 heterocycles. The highest BCUT2D eigenvalue weighted by Crippen LogP contribution is 2.27. The molecule has 7 nitrogen and oxygen atoms in total. The number of urea groups is 1. The predicted octanol–water partition coefficient (Wildman–Crippen LogP) is 1.24. The van der Waals surface area contributed by atoms with Crippen LogP contribution in [0.5, 0.6) is 0 Å². The zero-order chi connectivity index (χ0) is 14.8. The molecular weight excluding hydrogens is 314 g/mol. The van der Waals surface area contributed by atoms with Crippen molar-refractivity contribution in [3.63, 3.8) is 0 Å². The van der Waals surface area contributed by atoms with E-state index in [4.69, 9.17) is 16.3 Å². The number of anilines is 1. The second kappa shape index (κ2) is 6.43. The number of ether oxygens (including phenoxy) is 1. The van der Waals surface area contributed by atoms with E-state index in [1.807, 2.05) is 0 Å². The number of hydrogen-bond acceptors (Lipinski definition) is 6. The highest BCUT2D eigenvalue weighted by molar-refractivity contribution is 7.15. The fourth-order valence-electron chi connectivity index (χ4n) is 2.58. The summed E-state index contributed by atoms with van der Waals surface area (Å²) in [6.45, 7) is 2.18. The molecule has 2 aliphatic rings. The zero-order valence-corrected chi connectivity index (χ0v) is 13.4. The molecular formula is C12H18ClN5O2S. The first-order chi connectivity index (χ1) is 10.2. The summed E-state index contributed by atoms with van der Waals surface area (Å²) in [5.74, 6) is 0.309. The van der Waals surface area contributed by atoms with Crippen LogP contribution >= 0.6 is 22.9 Å². The predicted molar refractivity (Wildman–Crippen MR) is 80.7 cm³/mol. The van der Waals surface area contributed by atoms with Crippen LogP contribution in [0.25, 0.3) is 0 Å². The van der Waals surface area contributed by atoms with Crippen LogP contribution in [-0.4, -0.2) is 60.1 Å². The molecule has 0 spiro atoms. The van der Waals surface area contributed by atoms with Gasteiger partial charge in [0.25, 0.3) is 0 Å². The average Bonchev–Trinajstić information content (AvgIpc) is 3.19. The minimum Gasteiger partial charge on any atom is -0.377 e. The van der Waals surface area contributed by atoms with Crippen LogP contribution < -0.4 is 10.2 Å². The fourth-order valence-corrected chi connectivity index (χ4v) is 3.53. The van der Waals surface area contributed by atoms with Crippen molar-refractivity contribution in [2.45, 2.75) is 31.0 Å². The molecule has 2 fully saturated rings. The van der Waals surface area contributed by atoms with E-state index in [1.165, 1.54) is 11.3 Å². The molecule has 2 amide bonds. The minimum absolute atomic E-state index is 0.0721. The normalized spacial score (nSPS) is 26.1. The van der Waals surface area contributed by atoms with Gasteiger partial charge in [-0.1, -0.05) is 11.3 Å². The van der Waals surface area contributed by atoms with Gasteiger partial charge in [-0.3, -0.25) is 10.2 Å².